The summed E-state index contributed by atoms with van der Waals surface area (Å²) >= 11 is 0. The van der Waals surface area contributed by atoms with Crippen molar-refractivity contribution in [3.8, 4) is 5.75 Å². The lowest BCUT2D eigenvalue weighted by molar-refractivity contribution is 0.0969. The summed E-state index contributed by atoms with van der Waals surface area (Å²) in [6.45, 7) is 3.48. The molecule has 2 rings (SSSR count). The topological polar surface area (TPSA) is 79.1 Å². The maximum atomic E-state index is 11.9. The van der Waals surface area contributed by atoms with E-state index < -0.39 is 6.04 Å². The molecule has 0 aliphatic heterocycles. The maximum Gasteiger partial charge on any atom is 0.181 e. The van der Waals surface area contributed by atoms with Crippen molar-refractivity contribution in [3.05, 3.63) is 29.5 Å². The summed E-state index contributed by atoms with van der Waals surface area (Å²) < 4.78 is 0. The van der Waals surface area contributed by atoms with Crippen LogP contribution in [0.4, 0.5) is 0 Å². The molecule has 0 spiro atoms. The van der Waals surface area contributed by atoms with Gasteiger partial charge in [0, 0.05) is 22.2 Å². The second-order valence-corrected chi connectivity index (χ2v) is 4.01. The number of ketones is 1. The number of aryl methyl sites for hydroxylation is 1. The third kappa shape index (κ3) is 1.57. The van der Waals surface area contributed by atoms with Gasteiger partial charge in [0.15, 0.2) is 5.78 Å². The minimum absolute atomic E-state index is 0.116. The van der Waals surface area contributed by atoms with Gasteiger partial charge in [-0.2, -0.15) is 0 Å². The fourth-order valence-electron chi connectivity index (χ4n) is 1.86. The molecule has 1 atom stereocenters. The van der Waals surface area contributed by atoms with Crippen molar-refractivity contribution in [2.45, 2.75) is 19.9 Å². The van der Waals surface area contributed by atoms with Crippen LogP contribution in [-0.4, -0.2) is 21.9 Å². The molecule has 0 aliphatic carbocycles. The number of carbonyl (C=O) groups is 1. The minimum atomic E-state index is -0.542. The van der Waals surface area contributed by atoms with Gasteiger partial charge in [0.05, 0.1) is 6.04 Å². The van der Waals surface area contributed by atoms with E-state index >= 15 is 0 Å². The molecule has 16 heavy (non-hydrogen) atoms. The van der Waals surface area contributed by atoms with E-state index in [4.69, 9.17) is 5.73 Å². The summed E-state index contributed by atoms with van der Waals surface area (Å²) in [4.78, 5) is 15.0. The minimum Gasteiger partial charge on any atom is -0.508 e. The number of nitrogens with one attached hydrogen (secondary N) is 1. The van der Waals surface area contributed by atoms with Gasteiger partial charge in [-0.05, 0) is 32.0 Å². The zero-order valence-electron chi connectivity index (χ0n) is 9.24. The van der Waals surface area contributed by atoms with Gasteiger partial charge in [0.2, 0.25) is 0 Å². The highest BCUT2D eigenvalue weighted by Gasteiger charge is 2.19. The van der Waals surface area contributed by atoms with Crippen LogP contribution in [0.5, 0.6) is 5.75 Å². The Kier molecular flexibility index (Phi) is 2.44. The van der Waals surface area contributed by atoms with Crippen LogP contribution >= 0.6 is 0 Å². The number of aromatic nitrogens is 1. The Labute approximate surface area is 93.1 Å². The smallest absolute Gasteiger partial charge is 0.181 e. The summed E-state index contributed by atoms with van der Waals surface area (Å²) in [5.74, 6) is 0.0274. The SMILES string of the molecule is Cc1[nH]c2ccc(O)cc2c1C(=O)C(C)N. The highest BCUT2D eigenvalue weighted by molar-refractivity contribution is 6.11. The van der Waals surface area contributed by atoms with E-state index in [9.17, 15) is 9.90 Å². The molecule has 0 radical (unpaired) electrons. The quantitative estimate of drug-likeness (QED) is 0.671. The first-order chi connectivity index (χ1) is 7.50. The molecule has 2 aromatic rings. The second-order valence-electron chi connectivity index (χ2n) is 4.01. The van der Waals surface area contributed by atoms with E-state index in [1.165, 1.54) is 0 Å². The molecule has 84 valence electrons. The van der Waals surface area contributed by atoms with E-state index in [0.717, 1.165) is 16.6 Å². The van der Waals surface area contributed by atoms with Crippen molar-refractivity contribution in [1.82, 2.24) is 4.98 Å². The Morgan fingerprint density at radius 1 is 1.50 bits per heavy atom. The zero-order valence-corrected chi connectivity index (χ0v) is 9.24. The van der Waals surface area contributed by atoms with Gasteiger partial charge >= 0.3 is 0 Å². The van der Waals surface area contributed by atoms with Gasteiger partial charge in [-0.15, -0.1) is 0 Å². The van der Waals surface area contributed by atoms with Gasteiger partial charge in [-0.1, -0.05) is 0 Å². The molecule has 0 fully saturated rings. The Morgan fingerprint density at radius 2 is 2.19 bits per heavy atom. The Balaban J connectivity index is 2.72. The molecule has 0 amide bonds. The molecule has 4 nitrogen and oxygen atoms in total. The van der Waals surface area contributed by atoms with E-state index in [-0.39, 0.29) is 11.5 Å². The number of Topliss-reactive ketones (excluding diaryl/α,β-unsaturated/α-hetero) is 1. The average molecular weight is 218 g/mol. The molecule has 1 aromatic carbocycles. The highest BCUT2D eigenvalue weighted by atomic mass is 16.3. The predicted octanol–water partition coefficient (Wildman–Crippen LogP) is 1.71. The van der Waals surface area contributed by atoms with Crippen molar-refractivity contribution in [2.75, 3.05) is 0 Å². The lowest BCUT2D eigenvalue weighted by Crippen LogP contribution is -2.27. The van der Waals surface area contributed by atoms with Crippen molar-refractivity contribution in [2.24, 2.45) is 5.73 Å². The van der Waals surface area contributed by atoms with Crippen molar-refractivity contribution >= 4 is 16.7 Å². The summed E-state index contributed by atoms with van der Waals surface area (Å²) in [6.07, 6.45) is 0. The Hall–Kier alpha value is -1.81. The molecule has 4 heteroatoms. The van der Waals surface area contributed by atoms with Crippen LogP contribution in [0.2, 0.25) is 0 Å². The van der Waals surface area contributed by atoms with Gasteiger partial charge in [0.25, 0.3) is 0 Å². The molecule has 0 bridgehead atoms. The molecule has 0 saturated carbocycles. The first-order valence-electron chi connectivity index (χ1n) is 5.12. The number of fused-ring (bicyclic) bond motifs is 1. The number of aromatic amines is 1. The second kappa shape index (κ2) is 3.64. The lowest BCUT2D eigenvalue weighted by atomic mass is 10.0. The summed E-state index contributed by atoms with van der Waals surface area (Å²) in [5.41, 5.74) is 7.78. The monoisotopic (exact) mass is 218 g/mol. The van der Waals surface area contributed by atoms with Gasteiger partial charge in [-0.25, -0.2) is 0 Å². The molecule has 1 heterocycles. The first-order valence-corrected chi connectivity index (χ1v) is 5.12. The number of benzene rings is 1. The molecular formula is C12H14N2O2. The van der Waals surface area contributed by atoms with E-state index in [1.807, 2.05) is 6.92 Å². The summed E-state index contributed by atoms with van der Waals surface area (Å²) in [5, 5.41) is 10.1. The number of aromatic hydroxyl groups is 1. The van der Waals surface area contributed by atoms with Crippen LogP contribution in [0.25, 0.3) is 10.9 Å². The van der Waals surface area contributed by atoms with E-state index in [1.54, 1.807) is 25.1 Å². The molecule has 4 N–H and O–H groups in total. The fourth-order valence-corrected chi connectivity index (χ4v) is 1.86. The first kappa shape index (κ1) is 10.7. The van der Waals surface area contributed by atoms with Crippen LogP contribution in [-0.2, 0) is 0 Å². The van der Waals surface area contributed by atoms with Crippen molar-refractivity contribution in [3.63, 3.8) is 0 Å². The molecule has 0 saturated heterocycles. The number of carbonyl (C=O) groups excluding carboxylic acids is 1. The van der Waals surface area contributed by atoms with Crippen molar-refractivity contribution < 1.29 is 9.90 Å². The highest BCUT2D eigenvalue weighted by Crippen LogP contribution is 2.26. The zero-order chi connectivity index (χ0) is 11.9. The van der Waals surface area contributed by atoms with E-state index in [0.29, 0.717) is 5.56 Å². The maximum absolute atomic E-state index is 11.9. The summed E-state index contributed by atoms with van der Waals surface area (Å²) in [7, 11) is 0. The number of nitrogens with two attached hydrogens (primary N) is 1. The van der Waals surface area contributed by atoms with Crippen molar-refractivity contribution in [1.29, 1.82) is 0 Å². The molecule has 1 aromatic heterocycles. The van der Waals surface area contributed by atoms with Gasteiger partial charge in [-0.3, -0.25) is 4.79 Å². The standard InChI is InChI=1S/C12H14N2O2/c1-6(13)12(16)11-7(2)14-10-4-3-8(15)5-9(10)11/h3-6,14-15H,13H2,1-2H3. The fraction of sp³-hybridized carbons (Fsp3) is 0.250. The largest absolute Gasteiger partial charge is 0.508 e. The third-order valence-electron chi connectivity index (χ3n) is 2.63. The third-order valence-corrected chi connectivity index (χ3v) is 2.63. The van der Waals surface area contributed by atoms with Crippen LogP contribution in [0.15, 0.2) is 18.2 Å². The predicted molar refractivity (Wildman–Crippen MR) is 62.7 cm³/mol. The number of hydrogen-bond acceptors (Lipinski definition) is 3. The molecular weight excluding hydrogens is 204 g/mol. The lowest BCUT2D eigenvalue weighted by Gasteiger charge is -2.04. The van der Waals surface area contributed by atoms with Crippen LogP contribution in [0, 0.1) is 6.92 Å². The molecule has 0 aliphatic rings. The van der Waals surface area contributed by atoms with Crippen LogP contribution < -0.4 is 5.73 Å². The molecule has 1 unspecified atom stereocenters. The van der Waals surface area contributed by atoms with Gasteiger partial charge in [0.1, 0.15) is 5.75 Å². The number of hydrogen-bond donors (Lipinski definition) is 3. The average Bonchev–Trinajstić information content (AvgIpc) is 2.52. The Bertz CT molecular complexity index is 555. The Morgan fingerprint density at radius 3 is 2.81 bits per heavy atom. The number of phenolic OH excluding ortho intramolecular Hbond substituents is 1. The normalized spacial score (nSPS) is 12.9. The van der Waals surface area contributed by atoms with Crippen LogP contribution in [0.3, 0.4) is 0 Å². The van der Waals surface area contributed by atoms with E-state index in [2.05, 4.69) is 4.98 Å². The number of rotatable bonds is 2. The number of phenols is 1. The van der Waals surface area contributed by atoms with Crippen LogP contribution in [0.1, 0.15) is 23.0 Å². The number of H-pyrrole nitrogens is 1. The van der Waals surface area contributed by atoms with Gasteiger partial charge < -0.3 is 15.8 Å². The summed E-state index contributed by atoms with van der Waals surface area (Å²) in [6, 6.07) is 4.36.